The van der Waals surface area contributed by atoms with E-state index >= 15 is 0 Å². The summed E-state index contributed by atoms with van der Waals surface area (Å²) >= 11 is 1.33. The number of carbonyl (C=O) groups is 2. The Morgan fingerprint density at radius 2 is 1.53 bits per heavy atom. The van der Waals surface area contributed by atoms with Crippen molar-refractivity contribution >= 4 is 23.2 Å². The third kappa shape index (κ3) is 4.90. The van der Waals surface area contributed by atoms with Crippen molar-refractivity contribution in [3.63, 3.8) is 0 Å². The number of rotatable bonds is 4. The second kappa shape index (κ2) is 9.71. The molecule has 2 aromatic rings. The molecule has 1 aromatic heterocycles. The number of amides is 2. The van der Waals surface area contributed by atoms with E-state index in [0.29, 0.717) is 43.2 Å². The average Bonchev–Trinajstić information content (AvgIpc) is 3.08. The number of nitrogens with zero attached hydrogens (tertiary/aromatic N) is 3. The van der Waals surface area contributed by atoms with Crippen LogP contribution in [-0.4, -0.2) is 72.3 Å². The van der Waals surface area contributed by atoms with Crippen molar-refractivity contribution in [3.8, 4) is 10.4 Å². The number of benzene rings is 1. The second-order valence-electron chi connectivity index (χ2n) is 8.01. The van der Waals surface area contributed by atoms with Crippen LogP contribution in [0.15, 0.2) is 36.4 Å². The average molecular weight is 430 g/mol. The first kappa shape index (κ1) is 21.0. The lowest BCUT2D eigenvalue weighted by Crippen LogP contribution is -2.51. The summed E-state index contributed by atoms with van der Waals surface area (Å²) in [6.07, 6.45) is 4.63. The fourth-order valence-corrected chi connectivity index (χ4v) is 5.14. The van der Waals surface area contributed by atoms with Crippen molar-refractivity contribution in [1.82, 2.24) is 14.7 Å². The number of thiophene rings is 1. The molecule has 1 aromatic carbocycles. The molecule has 2 aliphatic heterocycles. The minimum atomic E-state index is -0.277. The Balaban J connectivity index is 1.30. The van der Waals surface area contributed by atoms with E-state index in [9.17, 15) is 14.0 Å². The molecule has 2 amide bonds. The summed E-state index contributed by atoms with van der Waals surface area (Å²) in [5.74, 6) is -0.0772. The van der Waals surface area contributed by atoms with E-state index in [1.54, 1.807) is 24.3 Å². The van der Waals surface area contributed by atoms with Crippen LogP contribution in [0.2, 0.25) is 0 Å². The summed E-state index contributed by atoms with van der Waals surface area (Å²) in [6.45, 7) is 4.82. The standard InChI is InChI=1S/C23H28FN3O2S/c24-19-8-4-3-7-18(19)20-9-10-21(30-20)23(29)27-15-13-25(14-16-27)17-22(28)26-11-5-1-2-6-12-26/h3-4,7-10H,1-2,5-6,11-17H2. The monoisotopic (exact) mass is 429 g/mol. The van der Waals surface area contributed by atoms with E-state index in [0.717, 1.165) is 30.8 Å². The van der Waals surface area contributed by atoms with Crippen LogP contribution >= 0.6 is 11.3 Å². The number of hydrogen-bond acceptors (Lipinski definition) is 4. The number of piperazine rings is 1. The predicted molar refractivity (Wildman–Crippen MR) is 117 cm³/mol. The smallest absolute Gasteiger partial charge is 0.264 e. The van der Waals surface area contributed by atoms with Gasteiger partial charge in [0.25, 0.3) is 5.91 Å². The van der Waals surface area contributed by atoms with Crippen LogP contribution in [0, 0.1) is 5.82 Å². The highest BCUT2D eigenvalue weighted by Gasteiger charge is 2.26. The molecule has 30 heavy (non-hydrogen) atoms. The fourth-order valence-electron chi connectivity index (χ4n) is 4.13. The Labute approximate surface area is 181 Å². The summed E-state index contributed by atoms with van der Waals surface area (Å²) < 4.78 is 14.0. The molecule has 0 saturated carbocycles. The highest BCUT2D eigenvalue weighted by Crippen LogP contribution is 2.30. The summed E-state index contributed by atoms with van der Waals surface area (Å²) in [5, 5.41) is 0. The molecule has 3 heterocycles. The third-order valence-corrected chi connectivity index (χ3v) is 7.04. The van der Waals surface area contributed by atoms with E-state index in [1.807, 2.05) is 15.9 Å². The maximum atomic E-state index is 14.0. The topological polar surface area (TPSA) is 43.9 Å². The molecular weight excluding hydrogens is 401 g/mol. The van der Waals surface area contributed by atoms with Gasteiger partial charge in [-0.3, -0.25) is 14.5 Å². The summed E-state index contributed by atoms with van der Waals surface area (Å²) in [4.78, 5) is 32.9. The van der Waals surface area contributed by atoms with Gasteiger partial charge in [0.15, 0.2) is 0 Å². The molecule has 0 aliphatic carbocycles. The molecule has 160 valence electrons. The van der Waals surface area contributed by atoms with E-state index in [1.165, 1.54) is 30.2 Å². The summed E-state index contributed by atoms with van der Waals surface area (Å²) in [5.41, 5.74) is 0.526. The van der Waals surface area contributed by atoms with Crippen molar-refractivity contribution in [3.05, 3.63) is 47.1 Å². The van der Waals surface area contributed by atoms with Crippen molar-refractivity contribution in [2.24, 2.45) is 0 Å². The first-order valence-corrected chi connectivity index (χ1v) is 11.6. The first-order chi connectivity index (χ1) is 14.6. The molecule has 0 bridgehead atoms. The molecular formula is C23H28FN3O2S. The lowest BCUT2D eigenvalue weighted by Gasteiger charge is -2.35. The van der Waals surface area contributed by atoms with Gasteiger partial charge in [-0.25, -0.2) is 4.39 Å². The zero-order chi connectivity index (χ0) is 20.9. The Morgan fingerprint density at radius 3 is 2.23 bits per heavy atom. The predicted octanol–water partition coefficient (Wildman–Crippen LogP) is 3.71. The van der Waals surface area contributed by atoms with Gasteiger partial charge in [0.1, 0.15) is 5.82 Å². The quantitative estimate of drug-likeness (QED) is 0.744. The van der Waals surface area contributed by atoms with Gasteiger partial charge in [-0.2, -0.15) is 0 Å². The largest absolute Gasteiger partial charge is 0.342 e. The number of carbonyl (C=O) groups excluding carboxylic acids is 2. The van der Waals surface area contributed by atoms with Crippen LogP contribution in [-0.2, 0) is 4.79 Å². The van der Waals surface area contributed by atoms with Crippen LogP contribution in [0.25, 0.3) is 10.4 Å². The number of likely N-dealkylation sites (tertiary alicyclic amines) is 1. The normalized spacial score (nSPS) is 18.3. The van der Waals surface area contributed by atoms with Crippen LogP contribution in [0.1, 0.15) is 35.4 Å². The van der Waals surface area contributed by atoms with Gasteiger partial charge in [-0.05, 0) is 31.0 Å². The highest BCUT2D eigenvalue weighted by atomic mass is 32.1. The molecule has 0 unspecified atom stereocenters. The molecule has 4 rings (SSSR count). The van der Waals surface area contributed by atoms with Gasteiger partial charge in [0, 0.05) is 49.7 Å². The Morgan fingerprint density at radius 1 is 0.833 bits per heavy atom. The second-order valence-corrected chi connectivity index (χ2v) is 9.09. The van der Waals surface area contributed by atoms with E-state index in [-0.39, 0.29) is 17.6 Å². The minimum absolute atomic E-state index is 0.0129. The zero-order valence-electron chi connectivity index (χ0n) is 17.2. The van der Waals surface area contributed by atoms with Crippen molar-refractivity contribution in [1.29, 1.82) is 0 Å². The molecule has 0 N–H and O–H groups in total. The molecule has 2 fully saturated rings. The Bertz CT molecular complexity index is 884. The zero-order valence-corrected chi connectivity index (χ0v) is 18.0. The number of hydrogen-bond donors (Lipinski definition) is 0. The SMILES string of the molecule is O=C(CN1CCN(C(=O)c2ccc(-c3ccccc3F)s2)CC1)N1CCCCCC1. The van der Waals surface area contributed by atoms with Crippen LogP contribution in [0.3, 0.4) is 0 Å². The summed E-state index contributed by atoms with van der Waals surface area (Å²) in [7, 11) is 0. The maximum Gasteiger partial charge on any atom is 0.264 e. The van der Waals surface area contributed by atoms with Crippen molar-refractivity contribution in [2.75, 3.05) is 45.8 Å². The van der Waals surface area contributed by atoms with Crippen molar-refractivity contribution < 1.29 is 14.0 Å². The molecule has 2 aliphatic rings. The number of halogens is 1. The van der Waals surface area contributed by atoms with Gasteiger partial charge < -0.3 is 9.80 Å². The minimum Gasteiger partial charge on any atom is -0.342 e. The molecule has 7 heteroatoms. The fraction of sp³-hybridized carbons (Fsp3) is 0.478. The van der Waals surface area contributed by atoms with Gasteiger partial charge in [-0.15, -0.1) is 11.3 Å². The first-order valence-electron chi connectivity index (χ1n) is 10.8. The van der Waals surface area contributed by atoms with Crippen LogP contribution in [0.5, 0.6) is 0 Å². The van der Waals surface area contributed by atoms with Gasteiger partial charge in [0.2, 0.25) is 5.91 Å². The Hall–Kier alpha value is -2.25. The lowest BCUT2D eigenvalue weighted by molar-refractivity contribution is -0.132. The maximum absolute atomic E-state index is 14.0. The summed E-state index contributed by atoms with van der Waals surface area (Å²) in [6, 6.07) is 10.2. The van der Waals surface area contributed by atoms with Crippen molar-refractivity contribution in [2.45, 2.75) is 25.7 Å². The van der Waals surface area contributed by atoms with E-state index < -0.39 is 0 Å². The molecule has 0 atom stereocenters. The highest BCUT2D eigenvalue weighted by molar-refractivity contribution is 7.17. The molecule has 2 saturated heterocycles. The molecule has 5 nitrogen and oxygen atoms in total. The van der Waals surface area contributed by atoms with E-state index in [2.05, 4.69) is 4.90 Å². The molecule has 0 spiro atoms. The van der Waals surface area contributed by atoms with Crippen LogP contribution < -0.4 is 0 Å². The van der Waals surface area contributed by atoms with Gasteiger partial charge in [0.05, 0.1) is 11.4 Å². The van der Waals surface area contributed by atoms with Crippen LogP contribution in [0.4, 0.5) is 4.39 Å². The van der Waals surface area contributed by atoms with Gasteiger partial charge in [-0.1, -0.05) is 31.0 Å². The Kier molecular flexibility index (Phi) is 6.79. The van der Waals surface area contributed by atoms with Gasteiger partial charge >= 0.3 is 0 Å². The van der Waals surface area contributed by atoms with E-state index in [4.69, 9.17) is 0 Å². The third-order valence-electron chi connectivity index (χ3n) is 5.93. The molecule has 0 radical (unpaired) electrons. The lowest BCUT2D eigenvalue weighted by atomic mass is 10.2.